The molecular formula is C17H25ClIN5O. The molecule has 6 nitrogen and oxygen atoms in total. The summed E-state index contributed by atoms with van der Waals surface area (Å²) in [5.74, 6) is 2.42. The van der Waals surface area contributed by atoms with Gasteiger partial charge in [0.1, 0.15) is 0 Å². The second-order valence-electron chi connectivity index (χ2n) is 5.75. The minimum Gasteiger partial charge on any atom is -0.356 e. The Morgan fingerprint density at radius 2 is 1.80 bits per heavy atom. The molecule has 138 valence electrons. The SMILES string of the molecule is CN=C(NCCc1ccc(Cl)cc1)NCCc1nc(C(C)C)no1.I. The van der Waals surface area contributed by atoms with Crippen molar-refractivity contribution < 1.29 is 4.52 Å². The van der Waals surface area contributed by atoms with E-state index in [1.807, 2.05) is 38.1 Å². The topological polar surface area (TPSA) is 75.3 Å². The fourth-order valence-corrected chi connectivity index (χ4v) is 2.21. The molecule has 1 heterocycles. The summed E-state index contributed by atoms with van der Waals surface area (Å²) in [6, 6.07) is 7.86. The molecule has 2 aromatic rings. The minimum absolute atomic E-state index is 0. The molecule has 0 aliphatic rings. The lowest BCUT2D eigenvalue weighted by Crippen LogP contribution is -2.39. The van der Waals surface area contributed by atoms with Gasteiger partial charge in [0.25, 0.3) is 0 Å². The van der Waals surface area contributed by atoms with Crippen molar-refractivity contribution in [2.75, 3.05) is 20.1 Å². The van der Waals surface area contributed by atoms with E-state index >= 15 is 0 Å². The zero-order chi connectivity index (χ0) is 17.4. The normalized spacial score (nSPS) is 11.3. The van der Waals surface area contributed by atoms with Gasteiger partial charge >= 0.3 is 0 Å². The highest BCUT2D eigenvalue weighted by Gasteiger charge is 2.09. The van der Waals surface area contributed by atoms with Crippen molar-refractivity contribution in [1.82, 2.24) is 20.8 Å². The van der Waals surface area contributed by atoms with E-state index in [2.05, 4.69) is 25.8 Å². The maximum atomic E-state index is 5.88. The van der Waals surface area contributed by atoms with Crippen LogP contribution in [0.5, 0.6) is 0 Å². The van der Waals surface area contributed by atoms with Crippen LogP contribution in [0, 0.1) is 0 Å². The van der Waals surface area contributed by atoms with Crippen LogP contribution in [-0.4, -0.2) is 36.2 Å². The second kappa shape index (κ2) is 11.3. The molecule has 0 aliphatic carbocycles. The molecule has 1 aromatic carbocycles. The van der Waals surface area contributed by atoms with Crippen LogP contribution >= 0.6 is 35.6 Å². The zero-order valence-electron chi connectivity index (χ0n) is 14.8. The van der Waals surface area contributed by atoms with Gasteiger partial charge in [-0.15, -0.1) is 24.0 Å². The first-order valence-corrected chi connectivity index (χ1v) is 8.47. The van der Waals surface area contributed by atoms with Gasteiger partial charge in [-0.05, 0) is 24.1 Å². The van der Waals surface area contributed by atoms with Gasteiger partial charge in [-0.2, -0.15) is 4.98 Å². The average Bonchev–Trinajstić information content (AvgIpc) is 3.04. The summed E-state index contributed by atoms with van der Waals surface area (Å²) in [5, 5.41) is 11.2. The Morgan fingerprint density at radius 3 is 2.36 bits per heavy atom. The van der Waals surface area contributed by atoms with Crippen LogP contribution in [-0.2, 0) is 12.8 Å². The molecule has 1 aromatic heterocycles. The lowest BCUT2D eigenvalue weighted by Gasteiger charge is -2.11. The molecule has 2 rings (SSSR count). The van der Waals surface area contributed by atoms with E-state index in [0.29, 0.717) is 18.9 Å². The maximum absolute atomic E-state index is 5.88. The number of rotatable bonds is 7. The Morgan fingerprint density at radius 1 is 1.16 bits per heavy atom. The summed E-state index contributed by atoms with van der Waals surface area (Å²) in [6.45, 7) is 5.55. The number of nitrogens with one attached hydrogen (secondary N) is 2. The largest absolute Gasteiger partial charge is 0.356 e. The van der Waals surface area contributed by atoms with Gasteiger partial charge in [0, 0.05) is 37.5 Å². The van der Waals surface area contributed by atoms with E-state index in [9.17, 15) is 0 Å². The first-order valence-electron chi connectivity index (χ1n) is 8.10. The number of guanidine groups is 1. The van der Waals surface area contributed by atoms with Crippen molar-refractivity contribution in [3.05, 3.63) is 46.6 Å². The molecule has 8 heteroatoms. The quantitative estimate of drug-likeness (QED) is 0.363. The van der Waals surface area contributed by atoms with Gasteiger partial charge < -0.3 is 15.2 Å². The van der Waals surface area contributed by atoms with Gasteiger partial charge in [0.2, 0.25) is 5.89 Å². The van der Waals surface area contributed by atoms with Gasteiger partial charge in [-0.3, -0.25) is 4.99 Å². The lowest BCUT2D eigenvalue weighted by molar-refractivity contribution is 0.371. The molecule has 0 fully saturated rings. The molecule has 0 atom stereocenters. The summed E-state index contributed by atoms with van der Waals surface area (Å²) in [5.41, 5.74) is 1.23. The third kappa shape index (κ3) is 7.60. The number of halogens is 2. The predicted molar refractivity (Wildman–Crippen MR) is 112 cm³/mol. The second-order valence-corrected chi connectivity index (χ2v) is 6.19. The number of aliphatic imine (C=N–C) groups is 1. The third-order valence-electron chi connectivity index (χ3n) is 3.47. The van der Waals surface area contributed by atoms with Crippen molar-refractivity contribution in [2.45, 2.75) is 32.6 Å². The van der Waals surface area contributed by atoms with Crippen molar-refractivity contribution in [2.24, 2.45) is 4.99 Å². The first-order chi connectivity index (χ1) is 11.6. The highest BCUT2D eigenvalue weighted by molar-refractivity contribution is 14.0. The molecule has 0 radical (unpaired) electrons. The summed E-state index contributed by atoms with van der Waals surface area (Å²) in [7, 11) is 1.75. The molecule has 0 aliphatic heterocycles. The monoisotopic (exact) mass is 477 g/mol. The molecule has 0 spiro atoms. The smallest absolute Gasteiger partial charge is 0.228 e. The van der Waals surface area contributed by atoms with E-state index in [-0.39, 0.29) is 29.9 Å². The molecule has 2 N–H and O–H groups in total. The number of hydrogen-bond acceptors (Lipinski definition) is 4. The lowest BCUT2D eigenvalue weighted by atomic mass is 10.1. The Balaban J connectivity index is 0.00000312. The zero-order valence-corrected chi connectivity index (χ0v) is 17.8. The highest BCUT2D eigenvalue weighted by Crippen LogP contribution is 2.10. The van der Waals surface area contributed by atoms with Crippen LogP contribution < -0.4 is 10.6 Å². The van der Waals surface area contributed by atoms with Crippen LogP contribution in [0.2, 0.25) is 5.02 Å². The van der Waals surface area contributed by atoms with Crippen molar-refractivity contribution >= 4 is 41.5 Å². The fourth-order valence-electron chi connectivity index (χ4n) is 2.09. The van der Waals surface area contributed by atoms with Crippen molar-refractivity contribution in [3.63, 3.8) is 0 Å². The number of nitrogens with zero attached hydrogens (tertiary/aromatic N) is 3. The van der Waals surface area contributed by atoms with E-state index < -0.39 is 0 Å². The minimum atomic E-state index is 0. The van der Waals surface area contributed by atoms with Crippen molar-refractivity contribution in [1.29, 1.82) is 0 Å². The number of benzene rings is 1. The van der Waals surface area contributed by atoms with Crippen LogP contribution in [0.1, 0.15) is 37.0 Å². The fraction of sp³-hybridized carbons (Fsp3) is 0.471. The van der Waals surface area contributed by atoms with Crippen LogP contribution in [0.3, 0.4) is 0 Å². The predicted octanol–water partition coefficient (Wildman–Crippen LogP) is 3.41. The maximum Gasteiger partial charge on any atom is 0.228 e. The van der Waals surface area contributed by atoms with Crippen LogP contribution in [0.4, 0.5) is 0 Å². The van der Waals surface area contributed by atoms with Gasteiger partial charge in [-0.1, -0.05) is 42.7 Å². The first kappa shape index (κ1) is 21.7. The van der Waals surface area contributed by atoms with Crippen LogP contribution in [0.25, 0.3) is 0 Å². The Hall–Kier alpha value is -1.35. The summed E-state index contributed by atoms with van der Waals surface area (Å²) in [6.07, 6.45) is 1.57. The Labute approximate surface area is 170 Å². The average molecular weight is 478 g/mol. The van der Waals surface area contributed by atoms with E-state index in [1.165, 1.54) is 5.56 Å². The molecular weight excluding hydrogens is 453 g/mol. The molecule has 0 saturated carbocycles. The Bertz CT molecular complexity index is 657. The molecule has 0 bridgehead atoms. The number of aromatic nitrogens is 2. The number of hydrogen-bond donors (Lipinski definition) is 2. The summed E-state index contributed by atoms with van der Waals surface area (Å²) < 4.78 is 5.22. The van der Waals surface area contributed by atoms with E-state index in [0.717, 1.165) is 29.8 Å². The summed E-state index contributed by atoms with van der Waals surface area (Å²) >= 11 is 5.88. The van der Waals surface area contributed by atoms with Gasteiger partial charge in [-0.25, -0.2) is 0 Å². The van der Waals surface area contributed by atoms with E-state index in [4.69, 9.17) is 16.1 Å². The third-order valence-corrected chi connectivity index (χ3v) is 3.73. The van der Waals surface area contributed by atoms with E-state index in [1.54, 1.807) is 7.05 Å². The molecule has 0 saturated heterocycles. The molecule has 0 unspecified atom stereocenters. The standard InChI is InChI=1S/C17H24ClN5O.HI/c1-12(2)16-22-15(24-23-16)9-11-21-17(19-3)20-10-8-13-4-6-14(18)7-5-13;/h4-7,12H,8-11H2,1-3H3,(H2,19,20,21);1H. The van der Waals surface area contributed by atoms with Crippen LogP contribution in [0.15, 0.2) is 33.8 Å². The van der Waals surface area contributed by atoms with Gasteiger partial charge in [0.05, 0.1) is 0 Å². The van der Waals surface area contributed by atoms with Crippen molar-refractivity contribution in [3.8, 4) is 0 Å². The molecule has 25 heavy (non-hydrogen) atoms. The van der Waals surface area contributed by atoms with Gasteiger partial charge in [0.15, 0.2) is 11.8 Å². The Kier molecular flexibility index (Phi) is 9.81. The molecule has 0 amide bonds. The summed E-state index contributed by atoms with van der Waals surface area (Å²) in [4.78, 5) is 8.56. The highest BCUT2D eigenvalue weighted by atomic mass is 127.